The molecule has 6 nitrogen and oxygen atoms in total. The number of carbonyl (C=O) groups is 3. The standard InChI is InChI=1S/C57H102O6/c1-10-19-25-28-31-34-40-49-50(41-35-32-29-26-20-11-2)53(56(59)62-44-47(17-8)38-23-14-5)54(57(60)63-45-48(18-9)39-24-15-6)51(42-36-33-30-27-21-12-3)52(49)55(58)61-43-46(16-7)37-22-13-4/h46-48H,10-45H2,1-9H3. The molecule has 0 spiro atoms. The molecule has 0 saturated carbocycles. The zero-order chi connectivity index (χ0) is 46.5. The lowest BCUT2D eigenvalue weighted by Gasteiger charge is -2.26. The molecule has 0 radical (unpaired) electrons. The van der Waals surface area contributed by atoms with Gasteiger partial charge in [-0.3, -0.25) is 0 Å². The zero-order valence-electron chi connectivity index (χ0n) is 43.1. The first-order chi connectivity index (χ1) is 30.7. The third-order valence-corrected chi connectivity index (χ3v) is 13.8. The van der Waals surface area contributed by atoms with Crippen molar-refractivity contribution in [1.29, 1.82) is 0 Å². The van der Waals surface area contributed by atoms with Gasteiger partial charge in [0.15, 0.2) is 0 Å². The summed E-state index contributed by atoms with van der Waals surface area (Å²) in [5.74, 6) is -0.445. The fourth-order valence-electron chi connectivity index (χ4n) is 9.15. The fourth-order valence-corrected chi connectivity index (χ4v) is 9.15. The van der Waals surface area contributed by atoms with E-state index in [1.165, 1.54) is 57.8 Å². The van der Waals surface area contributed by atoms with Crippen LogP contribution >= 0.6 is 0 Å². The summed E-state index contributed by atoms with van der Waals surface area (Å²) in [7, 11) is 0. The Morgan fingerprint density at radius 1 is 0.317 bits per heavy atom. The molecule has 0 aromatic heterocycles. The molecule has 0 heterocycles. The summed E-state index contributed by atoms with van der Waals surface area (Å²) in [6.45, 7) is 20.8. The van der Waals surface area contributed by atoms with Gasteiger partial charge >= 0.3 is 17.9 Å². The van der Waals surface area contributed by atoms with Crippen molar-refractivity contribution in [2.75, 3.05) is 19.8 Å². The van der Waals surface area contributed by atoms with E-state index in [2.05, 4.69) is 62.3 Å². The average molecular weight is 883 g/mol. The maximum Gasteiger partial charge on any atom is 0.339 e. The number of hydrogen-bond donors (Lipinski definition) is 0. The largest absolute Gasteiger partial charge is 0.462 e. The highest BCUT2D eigenvalue weighted by Gasteiger charge is 2.35. The first-order valence-electron chi connectivity index (χ1n) is 27.4. The van der Waals surface area contributed by atoms with Gasteiger partial charge in [-0.1, -0.05) is 216 Å². The number of ether oxygens (including phenoxy) is 3. The van der Waals surface area contributed by atoms with E-state index in [-0.39, 0.29) is 29.3 Å². The Labute approximate surface area is 390 Å². The number of carbonyl (C=O) groups excluding carboxylic acids is 3. The maximum atomic E-state index is 15.1. The Balaban J connectivity index is 4.31. The van der Waals surface area contributed by atoms with Crippen LogP contribution in [0.15, 0.2) is 0 Å². The average Bonchev–Trinajstić information content (AvgIpc) is 3.29. The van der Waals surface area contributed by atoms with Crippen molar-refractivity contribution < 1.29 is 28.6 Å². The van der Waals surface area contributed by atoms with Crippen LogP contribution in [0.5, 0.6) is 0 Å². The van der Waals surface area contributed by atoms with Crippen molar-refractivity contribution in [3.8, 4) is 0 Å². The first-order valence-corrected chi connectivity index (χ1v) is 27.4. The predicted octanol–water partition coefficient (Wildman–Crippen LogP) is 17.5. The lowest BCUT2D eigenvalue weighted by molar-refractivity contribution is 0.0375. The highest BCUT2D eigenvalue weighted by atomic mass is 16.5. The van der Waals surface area contributed by atoms with E-state index in [1.807, 2.05) is 0 Å². The normalized spacial score (nSPS) is 12.9. The van der Waals surface area contributed by atoms with Crippen LogP contribution in [0.4, 0.5) is 0 Å². The summed E-state index contributed by atoms with van der Waals surface area (Å²) in [4.78, 5) is 45.3. The van der Waals surface area contributed by atoms with Gasteiger partial charge in [-0.15, -0.1) is 0 Å². The molecule has 0 aliphatic heterocycles. The molecule has 0 aliphatic rings. The molecule has 1 rings (SSSR count). The van der Waals surface area contributed by atoms with Crippen molar-refractivity contribution >= 4 is 17.9 Å². The van der Waals surface area contributed by atoms with Crippen LogP contribution in [-0.2, 0) is 33.5 Å². The summed E-state index contributed by atoms with van der Waals surface area (Å²) in [5.41, 5.74) is 3.67. The van der Waals surface area contributed by atoms with Gasteiger partial charge in [0.1, 0.15) is 0 Å². The highest BCUT2D eigenvalue weighted by Crippen LogP contribution is 2.36. The summed E-state index contributed by atoms with van der Waals surface area (Å²) in [6.07, 6.45) is 34.0. The number of benzene rings is 1. The van der Waals surface area contributed by atoms with Crippen LogP contribution in [0, 0.1) is 17.8 Å². The molecule has 0 N–H and O–H groups in total. The zero-order valence-corrected chi connectivity index (χ0v) is 43.1. The minimum absolute atomic E-state index is 0.239. The molecule has 3 atom stereocenters. The summed E-state index contributed by atoms with van der Waals surface area (Å²) in [5, 5.41) is 0. The van der Waals surface area contributed by atoms with E-state index in [9.17, 15) is 0 Å². The Hall–Kier alpha value is -2.37. The maximum absolute atomic E-state index is 15.1. The Morgan fingerprint density at radius 2 is 0.571 bits per heavy atom. The van der Waals surface area contributed by atoms with E-state index in [0.717, 1.165) is 146 Å². The molecule has 3 unspecified atom stereocenters. The monoisotopic (exact) mass is 883 g/mol. The van der Waals surface area contributed by atoms with Gasteiger partial charge in [-0.05, 0) is 92.2 Å². The second kappa shape index (κ2) is 38.9. The van der Waals surface area contributed by atoms with Crippen LogP contribution in [0.3, 0.4) is 0 Å². The minimum atomic E-state index is -0.477. The van der Waals surface area contributed by atoms with Gasteiger partial charge in [-0.25, -0.2) is 14.4 Å². The molecule has 0 aliphatic carbocycles. The third kappa shape index (κ3) is 24.1. The van der Waals surface area contributed by atoms with Crippen LogP contribution in [0.1, 0.15) is 303 Å². The second-order valence-electron chi connectivity index (χ2n) is 19.2. The molecule has 63 heavy (non-hydrogen) atoms. The van der Waals surface area contributed by atoms with Gasteiger partial charge in [0.05, 0.1) is 36.5 Å². The molecule has 0 bridgehead atoms. The van der Waals surface area contributed by atoms with E-state index in [1.54, 1.807) is 0 Å². The SMILES string of the molecule is CCCCCCCCc1c(CCCCCCCC)c(C(=O)OCC(CC)CCCC)c(C(=O)OCC(CC)CCCC)c(CCCCCCCC)c1C(=O)OCC(CC)CCCC. The first kappa shape index (κ1) is 58.6. The van der Waals surface area contributed by atoms with E-state index < -0.39 is 11.9 Å². The second-order valence-corrected chi connectivity index (χ2v) is 19.2. The number of esters is 3. The summed E-state index contributed by atoms with van der Waals surface area (Å²) in [6, 6.07) is 0. The topological polar surface area (TPSA) is 78.9 Å². The molecule has 1 aromatic carbocycles. The van der Waals surface area contributed by atoms with Crippen molar-refractivity contribution in [1.82, 2.24) is 0 Å². The quantitative estimate of drug-likeness (QED) is 0.0370. The number of unbranched alkanes of at least 4 members (excludes halogenated alkanes) is 18. The Morgan fingerprint density at radius 3 is 0.889 bits per heavy atom. The number of hydrogen-bond acceptors (Lipinski definition) is 6. The van der Waals surface area contributed by atoms with E-state index in [4.69, 9.17) is 14.2 Å². The molecule has 0 fully saturated rings. The van der Waals surface area contributed by atoms with Crippen LogP contribution in [-0.4, -0.2) is 37.7 Å². The van der Waals surface area contributed by atoms with Crippen molar-refractivity contribution in [3.63, 3.8) is 0 Å². The van der Waals surface area contributed by atoms with Crippen LogP contribution in [0.25, 0.3) is 0 Å². The highest BCUT2D eigenvalue weighted by molar-refractivity contribution is 6.09. The fraction of sp³-hybridized carbons (Fsp3) is 0.842. The van der Waals surface area contributed by atoms with Gasteiger partial charge in [0, 0.05) is 0 Å². The van der Waals surface area contributed by atoms with Gasteiger partial charge in [-0.2, -0.15) is 0 Å². The third-order valence-electron chi connectivity index (χ3n) is 13.8. The number of rotatable bonds is 42. The Kier molecular flexibility index (Phi) is 36.2. The molecular weight excluding hydrogens is 781 g/mol. The Bertz CT molecular complexity index is 1320. The predicted molar refractivity (Wildman–Crippen MR) is 268 cm³/mol. The van der Waals surface area contributed by atoms with E-state index in [0.29, 0.717) is 55.8 Å². The van der Waals surface area contributed by atoms with E-state index >= 15 is 14.4 Å². The smallest absolute Gasteiger partial charge is 0.339 e. The lowest BCUT2D eigenvalue weighted by atomic mass is 9.80. The lowest BCUT2D eigenvalue weighted by Crippen LogP contribution is -2.27. The van der Waals surface area contributed by atoms with Gasteiger partial charge < -0.3 is 14.2 Å². The van der Waals surface area contributed by atoms with Crippen molar-refractivity contribution in [2.24, 2.45) is 17.8 Å². The van der Waals surface area contributed by atoms with Gasteiger partial charge in [0.2, 0.25) is 0 Å². The molecule has 0 amide bonds. The van der Waals surface area contributed by atoms with Crippen molar-refractivity contribution in [2.45, 2.75) is 274 Å². The van der Waals surface area contributed by atoms with Crippen LogP contribution in [0.2, 0.25) is 0 Å². The molecule has 0 saturated heterocycles. The minimum Gasteiger partial charge on any atom is -0.462 e. The summed E-state index contributed by atoms with van der Waals surface area (Å²) < 4.78 is 19.2. The summed E-state index contributed by atoms with van der Waals surface area (Å²) >= 11 is 0. The van der Waals surface area contributed by atoms with Crippen LogP contribution < -0.4 is 0 Å². The van der Waals surface area contributed by atoms with Gasteiger partial charge in [0.25, 0.3) is 0 Å². The molecule has 6 heteroatoms. The molecule has 366 valence electrons. The molecular formula is C57H102O6. The molecule has 1 aromatic rings. The van der Waals surface area contributed by atoms with Crippen molar-refractivity contribution in [3.05, 3.63) is 33.4 Å².